The molecule has 0 saturated carbocycles. The van der Waals surface area contributed by atoms with Crippen LogP contribution in [-0.2, 0) is 4.74 Å². The second-order valence-corrected chi connectivity index (χ2v) is 3.24. The van der Waals surface area contributed by atoms with Gasteiger partial charge in [0.2, 0.25) is 0 Å². The zero-order valence-corrected chi connectivity index (χ0v) is 8.39. The van der Waals surface area contributed by atoms with Crippen molar-refractivity contribution in [1.82, 2.24) is 4.90 Å². The maximum atomic E-state index is 5.63. The number of rotatable bonds is 3. The van der Waals surface area contributed by atoms with Crippen molar-refractivity contribution < 1.29 is 4.74 Å². The molecule has 0 saturated heterocycles. The van der Waals surface area contributed by atoms with E-state index in [2.05, 4.69) is 25.8 Å². The topological polar surface area (TPSA) is 12.5 Å². The van der Waals surface area contributed by atoms with Crippen LogP contribution in [0.4, 0.5) is 0 Å². The number of hydrogen-bond acceptors (Lipinski definition) is 2. The Morgan fingerprint density at radius 3 is 2.75 bits per heavy atom. The Morgan fingerprint density at radius 1 is 1.42 bits per heavy atom. The molecule has 2 heteroatoms. The van der Waals surface area contributed by atoms with Gasteiger partial charge >= 0.3 is 0 Å². The zero-order chi connectivity index (χ0) is 8.97. The Morgan fingerprint density at radius 2 is 2.17 bits per heavy atom. The van der Waals surface area contributed by atoms with Gasteiger partial charge in [-0.15, -0.1) is 0 Å². The van der Waals surface area contributed by atoms with Crippen LogP contribution in [-0.4, -0.2) is 25.1 Å². The van der Waals surface area contributed by atoms with Crippen molar-refractivity contribution in [2.45, 2.75) is 33.1 Å². The van der Waals surface area contributed by atoms with E-state index in [1.807, 2.05) is 0 Å². The average Bonchev–Trinajstić information content (AvgIpc) is 2.05. The van der Waals surface area contributed by atoms with Crippen molar-refractivity contribution in [2.75, 3.05) is 20.2 Å². The molecule has 0 aromatic carbocycles. The summed E-state index contributed by atoms with van der Waals surface area (Å²) in [4.78, 5) is 2.31. The minimum atomic E-state index is 0.856. The summed E-state index contributed by atoms with van der Waals surface area (Å²) in [5.74, 6) is 1.22. The highest BCUT2D eigenvalue weighted by molar-refractivity contribution is 5.09. The van der Waals surface area contributed by atoms with Gasteiger partial charge in [-0.2, -0.15) is 0 Å². The van der Waals surface area contributed by atoms with E-state index in [9.17, 15) is 0 Å². The second-order valence-electron chi connectivity index (χ2n) is 3.24. The van der Waals surface area contributed by atoms with E-state index < -0.39 is 0 Å². The van der Waals surface area contributed by atoms with Crippen LogP contribution in [0.15, 0.2) is 11.5 Å². The summed E-state index contributed by atoms with van der Waals surface area (Å²) in [6, 6.07) is 0. The Balaban J connectivity index is 2.71. The molecular formula is C10H19NO. The van der Waals surface area contributed by atoms with Crippen molar-refractivity contribution in [3.8, 4) is 0 Å². The highest BCUT2D eigenvalue weighted by Gasteiger charge is 2.15. The summed E-state index contributed by atoms with van der Waals surface area (Å²) >= 11 is 0. The standard InChI is InChI=1S/C10H19NO/c1-4-6-10-9(5-2)11(3)7-8-12-10/h4-8H2,1-3H3. The molecule has 12 heavy (non-hydrogen) atoms. The normalized spacial score (nSPS) is 18.1. The maximum Gasteiger partial charge on any atom is 0.115 e. The second kappa shape index (κ2) is 4.39. The minimum absolute atomic E-state index is 0.856. The molecule has 70 valence electrons. The summed E-state index contributed by atoms with van der Waals surface area (Å²) in [6.07, 6.45) is 3.35. The van der Waals surface area contributed by atoms with Gasteiger partial charge in [0.1, 0.15) is 12.4 Å². The lowest BCUT2D eigenvalue weighted by Gasteiger charge is -2.30. The van der Waals surface area contributed by atoms with Crippen LogP contribution >= 0.6 is 0 Å². The first-order chi connectivity index (χ1) is 5.79. The smallest absolute Gasteiger partial charge is 0.115 e. The predicted molar refractivity (Wildman–Crippen MR) is 50.8 cm³/mol. The SMILES string of the molecule is CCCC1=C(CC)N(C)CCO1. The number of ether oxygens (including phenoxy) is 1. The van der Waals surface area contributed by atoms with Crippen LogP contribution < -0.4 is 0 Å². The molecule has 2 nitrogen and oxygen atoms in total. The van der Waals surface area contributed by atoms with E-state index in [0.717, 1.165) is 26.0 Å². The number of nitrogens with zero attached hydrogens (tertiary/aromatic N) is 1. The van der Waals surface area contributed by atoms with E-state index in [1.54, 1.807) is 0 Å². The zero-order valence-electron chi connectivity index (χ0n) is 8.39. The molecule has 1 aliphatic rings. The van der Waals surface area contributed by atoms with Crippen molar-refractivity contribution in [3.63, 3.8) is 0 Å². The average molecular weight is 169 g/mol. The van der Waals surface area contributed by atoms with E-state index in [0.29, 0.717) is 0 Å². The fourth-order valence-electron chi connectivity index (χ4n) is 1.65. The number of allylic oxidation sites excluding steroid dienone is 2. The Labute approximate surface area is 75.2 Å². The molecule has 1 rings (SSSR count). The maximum absolute atomic E-state index is 5.63. The molecule has 0 aliphatic carbocycles. The molecule has 1 heterocycles. The lowest BCUT2D eigenvalue weighted by Crippen LogP contribution is -2.28. The first-order valence-electron chi connectivity index (χ1n) is 4.85. The van der Waals surface area contributed by atoms with Crippen LogP contribution in [0.1, 0.15) is 33.1 Å². The van der Waals surface area contributed by atoms with Gasteiger partial charge in [-0.25, -0.2) is 0 Å². The Kier molecular flexibility index (Phi) is 3.45. The van der Waals surface area contributed by atoms with Gasteiger partial charge < -0.3 is 9.64 Å². The Bertz CT molecular complexity index is 175. The van der Waals surface area contributed by atoms with Crippen molar-refractivity contribution in [1.29, 1.82) is 0 Å². The van der Waals surface area contributed by atoms with Gasteiger partial charge in [0.25, 0.3) is 0 Å². The largest absolute Gasteiger partial charge is 0.494 e. The van der Waals surface area contributed by atoms with Crippen LogP contribution in [0.5, 0.6) is 0 Å². The third-order valence-corrected chi connectivity index (χ3v) is 2.30. The highest BCUT2D eigenvalue weighted by atomic mass is 16.5. The molecule has 0 atom stereocenters. The summed E-state index contributed by atoms with van der Waals surface area (Å²) in [5, 5.41) is 0. The van der Waals surface area contributed by atoms with Gasteiger partial charge in [-0.05, 0) is 12.8 Å². The first kappa shape index (κ1) is 9.43. The fourth-order valence-corrected chi connectivity index (χ4v) is 1.65. The summed E-state index contributed by atoms with van der Waals surface area (Å²) in [5.41, 5.74) is 1.39. The number of likely N-dealkylation sites (N-methyl/N-ethyl adjacent to an activating group) is 1. The van der Waals surface area contributed by atoms with Crippen molar-refractivity contribution in [2.24, 2.45) is 0 Å². The highest BCUT2D eigenvalue weighted by Crippen LogP contribution is 2.21. The summed E-state index contributed by atoms with van der Waals surface area (Å²) in [7, 11) is 2.15. The Hall–Kier alpha value is -0.660. The molecule has 0 aromatic rings. The quantitative estimate of drug-likeness (QED) is 0.643. The number of hydrogen-bond donors (Lipinski definition) is 0. The third-order valence-electron chi connectivity index (χ3n) is 2.30. The lowest BCUT2D eigenvalue weighted by molar-refractivity contribution is 0.131. The molecule has 0 spiro atoms. The predicted octanol–water partition coefficient (Wildman–Crippen LogP) is 2.37. The summed E-state index contributed by atoms with van der Waals surface area (Å²) < 4.78 is 5.63. The van der Waals surface area contributed by atoms with E-state index >= 15 is 0 Å². The van der Waals surface area contributed by atoms with Gasteiger partial charge in [-0.1, -0.05) is 13.8 Å². The minimum Gasteiger partial charge on any atom is -0.494 e. The van der Waals surface area contributed by atoms with Crippen molar-refractivity contribution in [3.05, 3.63) is 11.5 Å². The van der Waals surface area contributed by atoms with E-state index in [-0.39, 0.29) is 0 Å². The van der Waals surface area contributed by atoms with Crippen LogP contribution in [0.25, 0.3) is 0 Å². The first-order valence-corrected chi connectivity index (χ1v) is 4.85. The molecule has 0 N–H and O–H groups in total. The molecule has 1 aliphatic heterocycles. The van der Waals surface area contributed by atoms with E-state index in [1.165, 1.54) is 17.9 Å². The van der Waals surface area contributed by atoms with Crippen LogP contribution in [0, 0.1) is 0 Å². The van der Waals surface area contributed by atoms with E-state index in [4.69, 9.17) is 4.74 Å². The molecule has 0 bridgehead atoms. The lowest BCUT2D eigenvalue weighted by atomic mass is 10.1. The van der Waals surface area contributed by atoms with Gasteiger partial charge in [-0.3, -0.25) is 0 Å². The molecule has 0 radical (unpaired) electrons. The van der Waals surface area contributed by atoms with Gasteiger partial charge in [0.15, 0.2) is 0 Å². The van der Waals surface area contributed by atoms with Crippen LogP contribution in [0.3, 0.4) is 0 Å². The molecule has 0 aromatic heterocycles. The van der Waals surface area contributed by atoms with Crippen molar-refractivity contribution >= 4 is 0 Å². The third kappa shape index (κ3) is 1.93. The molecular weight excluding hydrogens is 150 g/mol. The molecule has 0 fully saturated rings. The van der Waals surface area contributed by atoms with Crippen LogP contribution in [0.2, 0.25) is 0 Å². The fraction of sp³-hybridized carbons (Fsp3) is 0.800. The van der Waals surface area contributed by atoms with Gasteiger partial charge in [0.05, 0.1) is 12.2 Å². The van der Waals surface area contributed by atoms with Gasteiger partial charge in [0, 0.05) is 13.5 Å². The molecule has 0 amide bonds. The molecule has 0 unspecified atom stereocenters. The summed E-state index contributed by atoms with van der Waals surface area (Å²) in [6.45, 7) is 6.28. The monoisotopic (exact) mass is 169 g/mol.